The van der Waals surface area contributed by atoms with Crippen molar-refractivity contribution < 1.29 is 33.4 Å². The summed E-state index contributed by atoms with van der Waals surface area (Å²) in [5, 5.41) is 0.949. The topological polar surface area (TPSA) is 114 Å². The number of amides is 1. The number of anilines is 2. The Balaban J connectivity index is 1.23. The molecule has 0 spiro atoms. The van der Waals surface area contributed by atoms with Crippen LogP contribution in [0.15, 0.2) is 36.4 Å². The lowest BCUT2D eigenvalue weighted by Gasteiger charge is -2.39. The minimum absolute atomic E-state index is 0.0259. The number of esters is 2. The molecule has 3 aliphatic rings. The van der Waals surface area contributed by atoms with Gasteiger partial charge in [-0.15, -0.1) is 11.8 Å². The zero-order chi connectivity index (χ0) is 30.5. The summed E-state index contributed by atoms with van der Waals surface area (Å²) in [6.45, 7) is 1.77. The highest BCUT2D eigenvalue weighted by Gasteiger charge is 2.40. The highest BCUT2D eigenvalue weighted by atomic mass is 35.5. The summed E-state index contributed by atoms with van der Waals surface area (Å²) in [4.78, 5) is 65.4. The number of halogens is 2. The second kappa shape index (κ2) is 14.1. The second-order valence-electron chi connectivity index (χ2n) is 10.7. The third-order valence-electron chi connectivity index (χ3n) is 7.98. The number of para-hydroxylation sites is 2. The van der Waals surface area contributed by atoms with Gasteiger partial charge in [-0.1, -0.05) is 35.3 Å². The Hall–Kier alpha value is -3.12. The van der Waals surface area contributed by atoms with Crippen LogP contribution in [0, 0.1) is 5.92 Å². The van der Waals surface area contributed by atoms with Gasteiger partial charge in [0.2, 0.25) is 5.91 Å². The molecule has 43 heavy (non-hydrogen) atoms. The van der Waals surface area contributed by atoms with Gasteiger partial charge in [0.15, 0.2) is 5.92 Å². The summed E-state index contributed by atoms with van der Waals surface area (Å²) >= 11 is 15.0. The van der Waals surface area contributed by atoms with Crippen molar-refractivity contribution in [2.24, 2.45) is 5.92 Å². The number of fused-ring (bicyclic) bond motifs is 1. The highest BCUT2D eigenvalue weighted by Crippen LogP contribution is 2.41. The first-order valence-electron chi connectivity index (χ1n) is 14.1. The van der Waals surface area contributed by atoms with Crippen LogP contribution in [0.4, 0.5) is 11.4 Å². The average molecular weight is 649 g/mol. The van der Waals surface area contributed by atoms with Crippen LogP contribution >= 0.6 is 35.0 Å². The fourth-order valence-electron chi connectivity index (χ4n) is 5.67. The summed E-state index contributed by atoms with van der Waals surface area (Å²) in [5.74, 6) is -2.15. The molecular weight excluding hydrogens is 617 g/mol. The number of aryl methyl sites for hydroxylation is 1. The second-order valence-corrected chi connectivity index (χ2v) is 12.5. The first-order valence-corrected chi connectivity index (χ1v) is 16.0. The molecule has 0 N–H and O–H groups in total. The lowest BCUT2D eigenvalue weighted by molar-refractivity contribution is -0.165. The van der Waals surface area contributed by atoms with Crippen LogP contribution in [0.2, 0.25) is 10.0 Å². The van der Waals surface area contributed by atoms with Crippen molar-refractivity contribution in [2.45, 2.75) is 50.7 Å². The minimum Gasteiger partial charge on any atom is -0.395 e. The van der Waals surface area contributed by atoms with Crippen LogP contribution in [0.1, 0.15) is 36.8 Å². The van der Waals surface area contributed by atoms with E-state index in [1.165, 1.54) is 12.8 Å². The van der Waals surface area contributed by atoms with Gasteiger partial charge in [-0.3, -0.25) is 28.9 Å². The number of nitrogens with zero attached hydrogens (tertiary/aromatic N) is 3. The third-order valence-corrected chi connectivity index (χ3v) is 9.75. The van der Waals surface area contributed by atoms with Gasteiger partial charge in [-0.05, 0) is 67.5 Å². The van der Waals surface area contributed by atoms with E-state index in [1.807, 2.05) is 23.1 Å². The van der Waals surface area contributed by atoms with E-state index in [1.54, 1.807) is 23.9 Å². The molecule has 0 bridgehead atoms. The molecule has 2 aromatic carbocycles. The van der Waals surface area contributed by atoms with Crippen molar-refractivity contribution >= 4 is 77.1 Å². The van der Waals surface area contributed by atoms with Gasteiger partial charge in [0, 0.05) is 47.4 Å². The molecule has 0 radical (unpaired) electrons. The zero-order valence-corrected chi connectivity index (χ0v) is 25.6. The summed E-state index contributed by atoms with van der Waals surface area (Å²) in [7, 11) is 0. The number of benzene rings is 2. The van der Waals surface area contributed by atoms with Gasteiger partial charge < -0.3 is 19.3 Å². The van der Waals surface area contributed by atoms with E-state index in [0.717, 1.165) is 23.5 Å². The molecular formula is C30H31Cl2N3O7S. The van der Waals surface area contributed by atoms with Gasteiger partial charge in [0.1, 0.15) is 0 Å². The van der Waals surface area contributed by atoms with Gasteiger partial charge in [-0.2, -0.15) is 0 Å². The number of ether oxygens (including phenoxy) is 2. The lowest BCUT2D eigenvalue weighted by Crippen LogP contribution is -2.52. The molecule has 0 aromatic heterocycles. The molecule has 13 heteroatoms. The molecule has 1 atom stereocenters. The van der Waals surface area contributed by atoms with Crippen molar-refractivity contribution in [2.75, 3.05) is 34.5 Å². The summed E-state index contributed by atoms with van der Waals surface area (Å²) in [6.07, 6.45) is 3.04. The minimum atomic E-state index is -1.42. The maximum atomic E-state index is 13.9. The van der Waals surface area contributed by atoms with E-state index < -0.39 is 17.9 Å². The maximum Gasteiger partial charge on any atom is 0.327 e. The van der Waals surface area contributed by atoms with E-state index >= 15 is 0 Å². The number of thioether (sulfide) groups is 1. The van der Waals surface area contributed by atoms with Crippen molar-refractivity contribution in [1.82, 2.24) is 4.90 Å². The SMILES string of the molecule is O=COC(=O)C(CCCc1cc(Cl)c(CN2CSC[C@H]2C(=O)N2CCN(C3CC3)c3ccccc32)cc1Cl)C(=O)OC=O. The van der Waals surface area contributed by atoms with E-state index in [-0.39, 0.29) is 31.3 Å². The Morgan fingerprint density at radius 3 is 2.28 bits per heavy atom. The highest BCUT2D eigenvalue weighted by molar-refractivity contribution is 7.99. The van der Waals surface area contributed by atoms with Crippen LogP contribution in [0.25, 0.3) is 0 Å². The molecule has 228 valence electrons. The molecule has 2 heterocycles. The third kappa shape index (κ3) is 7.17. The first kappa shape index (κ1) is 31.3. The summed E-state index contributed by atoms with van der Waals surface area (Å²) < 4.78 is 8.55. The molecule has 1 saturated carbocycles. The van der Waals surface area contributed by atoms with Crippen molar-refractivity contribution in [3.05, 3.63) is 57.6 Å². The quantitative estimate of drug-likeness (QED) is 0.188. The number of hydrogen-bond acceptors (Lipinski definition) is 10. The van der Waals surface area contributed by atoms with E-state index in [4.69, 9.17) is 23.2 Å². The number of carbonyl (C=O) groups is 5. The summed E-state index contributed by atoms with van der Waals surface area (Å²) in [6, 6.07) is 11.9. The van der Waals surface area contributed by atoms with Crippen molar-refractivity contribution in [1.29, 1.82) is 0 Å². The largest absolute Gasteiger partial charge is 0.395 e. The Morgan fingerprint density at radius 1 is 0.953 bits per heavy atom. The first-order chi connectivity index (χ1) is 20.8. The summed E-state index contributed by atoms with van der Waals surface area (Å²) in [5.41, 5.74) is 3.58. The fraction of sp³-hybridized carbons (Fsp3) is 0.433. The molecule has 1 amide bonds. The Labute approximate surface area is 263 Å². The average Bonchev–Trinajstić information content (AvgIpc) is 3.74. The van der Waals surface area contributed by atoms with Gasteiger partial charge in [0.05, 0.1) is 17.4 Å². The van der Waals surface area contributed by atoms with Crippen LogP contribution < -0.4 is 9.80 Å². The van der Waals surface area contributed by atoms with Crippen LogP contribution in [-0.2, 0) is 46.4 Å². The van der Waals surface area contributed by atoms with Gasteiger partial charge in [0.25, 0.3) is 0 Å². The number of hydrogen-bond donors (Lipinski definition) is 0. The van der Waals surface area contributed by atoms with Gasteiger partial charge >= 0.3 is 24.9 Å². The predicted molar refractivity (Wildman–Crippen MR) is 163 cm³/mol. The molecule has 2 fully saturated rings. The Kier molecular flexibility index (Phi) is 10.3. The normalized spacial score (nSPS) is 18.3. The van der Waals surface area contributed by atoms with Crippen molar-refractivity contribution in [3.8, 4) is 0 Å². The Bertz CT molecular complexity index is 1380. The number of carbonyl (C=O) groups excluding carboxylic acids is 5. The number of rotatable bonds is 12. The molecule has 10 nitrogen and oxygen atoms in total. The Morgan fingerprint density at radius 2 is 1.60 bits per heavy atom. The molecule has 1 saturated heterocycles. The molecule has 1 aliphatic carbocycles. The van der Waals surface area contributed by atoms with E-state index in [2.05, 4.69) is 25.3 Å². The van der Waals surface area contributed by atoms with Crippen molar-refractivity contribution in [3.63, 3.8) is 0 Å². The molecule has 5 rings (SSSR count). The zero-order valence-electron chi connectivity index (χ0n) is 23.3. The molecule has 0 unspecified atom stereocenters. The molecule has 2 aliphatic heterocycles. The monoisotopic (exact) mass is 647 g/mol. The lowest BCUT2D eigenvalue weighted by atomic mass is 9.99. The maximum absolute atomic E-state index is 13.9. The predicted octanol–water partition coefficient (Wildman–Crippen LogP) is 4.22. The standard InChI is InChI=1S/C30H31Cl2N3O7S/c31-23-13-20(24(32)12-19(23)4-3-5-22(29(39)41-17-36)30(40)42-18-37)14-33-16-43-15-27(33)28(38)35-11-10-34(21-8-9-21)25-6-1-2-7-26(25)35/h1-2,6-7,12-13,17-18,21-22,27H,3-5,8-11,14-16H2/t27-/m0/s1. The van der Waals surface area contributed by atoms with E-state index in [9.17, 15) is 24.0 Å². The van der Waals surface area contributed by atoms with Crippen LogP contribution in [-0.4, -0.2) is 72.5 Å². The van der Waals surface area contributed by atoms with Crippen LogP contribution in [0.5, 0.6) is 0 Å². The van der Waals surface area contributed by atoms with Crippen LogP contribution in [0.3, 0.4) is 0 Å². The smallest absolute Gasteiger partial charge is 0.327 e. The van der Waals surface area contributed by atoms with E-state index in [0.29, 0.717) is 59.2 Å². The van der Waals surface area contributed by atoms with Gasteiger partial charge in [-0.25, -0.2) is 0 Å². The molecule has 2 aromatic rings. The fourth-order valence-corrected chi connectivity index (χ4v) is 7.38.